The summed E-state index contributed by atoms with van der Waals surface area (Å²) < 4.78 is 1.62. The van der Waals surface area contributed by atoms with Crippen molar-refractivity contribution in [1.29, 1.82) is 0 Å². The minimum Gasteiger partial charge on any atom is -0.305 e. The number of aromatic amines is 1. The van der Waals surface area contributed by atoms with Crippen LogP contribution in [-0.4, -0.2) is 34.7 Å². The van der Waals surface area contributed by atoms with E-state index < -0.39 is 0 Å². The molecule has 0 saturated heterocycles. The quantitative estimate of drug-likeness (QED) is 0.854. The van der Waals surface area contributed by atoms with Crippen molar-refractivity contribution in [2.24, 2.45) is 0 Å². The molecule has 0 aliphatic carbocycles. The zero-order valence-electron chi connectivity index (χ0n) is 11.4. The monoisotopic (exact) mass is 263 g/mol. The molecule has 0 radical (unpaired) electrons. The Balaban J connectivity index is 2.69. The van der Waals surface area contributed by atoms with Crippen molar-refractivity contribution in [3.05, 3.63) is 34.2 Å². The molecule has 0 spiro atoms. The Morgan fingerprint density at radius 2 is 2.11 bits per heavy atom. The lowest BCUT2D eigenvalue weighted by Gasteiger charge is -2.14. The lowest BCUT2D eigenvalue weighted by atomic mass is 10.1. The third-order valence-electron chi connectivity index (χ3n) is 3.06. The lowest BCUT2D eigenvalue weighted by Crippen LogP contribution is -2.25. The van der Waals surface area contributed by atoms with Crippen molar-refractivity contribution in [3.63, 3.8) is 0 Å². The van der Waals surface area contributed by atoms with Crippen LogP contribution in [0.15, 0.2) is 23.0 Å². The van der Waals surface area contributed by atoms with E-state index in [0.29, 0.717) is 11.1 Å². The van der Waals surface area contributed by atoms with Crippen molar-refractivity contribution in [2.75, 3.05) is 14.2 Å². The van der Waals surface area contributed by atoms with Gasteiger partial charge < -0.3 is 4.98 Å². The molecule has 6 heteroatoms. The summed E-state index contributed by atoms with van der Waals surface area (Å²) in [7, 11) is 2.94. The number of carbonyl (C=O) groups is 1. The number of H-pyrrole nitrogens is 1. The van der Waals surface area contributed by atoms with Gasteiger partial charge in [-0.1, -0.05) is 6.07 Å². The Hall–Kier alpha value is -2.08. The summed E-state index contributed by atoms with van der Waals surface area (Å²) in [5.41, 5.74) is 1.45. The van der Waals surface area contributed by atoms with Crippen LogP contribution in [-0.2, 0) is 4.84 Å². The van der Waals surface area contributed by atoms with Crippen molar-refractivity contribution in [3.8, 4) is 0 Å². The second-order valence-corrected chi connectivity index (χ2v) is 4.58. The van der Waals surface area contributed by atoms with E-state index in [0.717, 1.165) is 10.6 Å². The van der Waals surface area contributed by atoms with Gasteiger partial charge in [-0.3, -0.25) is 14.2 Å². The van der Waals surface area contributed by atoms with E-state index >= 15 is 0 Å². The Kier molecular flexibility index (Phi) is 3.44. The summed E-state index contributed by atoms with van der Waals surface area (Å²) in [6.45, 7) is 3.84. The van der Waals surface area contributed by atoms with Gasteiger partial charge >= 0.3 is 5.69 Å². The molecule has 1 N–H and O–H groups in total. The first kappa shape index (κ1) is 13.4. The SMILES string of the molecule is CON(C)C(=O)c1cccc2c1[nH]c(=O)n2C(C)C. The smallest absolute Gasteiger partial charge is 0.305 e. The molecule has 1 aromatic carbocycles. The number of benzene rings is 1. The maximum Gasteiger partial charge on any atom is 0.326 e. The largest absolute Gasteiger partial charge is 0.326 e. The number of rotatable bonds is 3. The number of hydrogen-bond acceptors (Lipinski definition) is 3. The topological polar surface area (TPSA) is 67.3 Å². The first-order valence-corrected chi connectivity index (χ1v) is 6.02. The highest BCUT2D eigenvalue weighted by atomic mass is 16.7. The van der Waals surface area contributed by atoms with E-state index in [2.05, 4.69) is 4.98 Å². The third kappa shape index (κ3) is 2.15. The Labute approximate surface area is 110 Å². The van der Waals surface area contributed by atoms with Gasteiger partial charge in [0.1, 0.15) is 0 Å². The molecule has 0 bridgehead atoms. The van der Waals surface area contributed by atoms with Gasteiger partial charge in [0.2, 0.25) is 0 Å². The van der Waals surface area contributed by atoms with Gasteiger partial charge in [-0.25, -0.2) is 9.86 Å². The minimum atomic E-state index is -0.301. The molecule has 0 aliphatic heterocycles. The van der Waals surface area contributed by atoms with Gasteiger partial charge in [-0.15, -0.1) is 0 Å². The van der Waals surface area contributed by atoms with Crippen LogP contribution in [0.2, 0.25) is 0 Å². The molecule has 0 saturated carbocycles. The summed E-state index contributed by atoms with van der Waals surface area (Å²) in [5, 5.41) is 1.12. The van der Waals surface area contributed by atoms with E-state index in [4.69, 9.17) is 4.84 Å². The Morgan fingerprint density at radius 3 is 2.68 bits per heavy atom. The number of nitrogens with one attached hydrogen (secondary N) is 1. The van der Waals surface area contributed by atoms with Crippen LogP contribution in [0.4, 0.5) is 0 Å². The number of aromatic nitrogens is 2. The van der Waals surface area contributed by atoms with Crippen molar-refractivity contribution in [1.82, 2.24) is 14.6 Å². The van der Waals surface area contributed by atoms with Crippen LogP contribution in [0.25, 0.3) is 11.0 Å². The average Bonchev–Trinajstić information content (AvgIpc) is 2.72. The summed E-state index contributed by atoms with van der Waals surface area (Å²) in [6.07, 6.45) is 0. The van der Waals surface area contributed by atoms with Gasteiger partial charge in [0.25, 0.3) is 5.91 Å². The predicted molar refractivity (Wildman–Crippen MR) is 72.0 cm³/mol. The molecule has 19 heavy (non-hydrogen) atoms. The molecule has 2 aromatic rings. The third-order valence-corrected chi connectivity index (χ3v) is 3.06. The maximum atomic E-state index is 12.1. The normalized spacial score (nSPS) is 11.2. The van der Waals surface area contributed by atoms with Crippen LogP contribution in [0, 0.1) is 0 Å². The van der Waals surface area contributed by atoms with Crippen LogP contribution < -0.4 is 5.69 Å². The number of para-hydroxylation sites is 1. The van der Waals surface area contributed by atoms with Gasteiger partial charge in [-0.2, -0.15) is 0 Å². The molecule has 0 aliphatic rings. The van der Waals surface area contributed by atoms with E-state index in [1.807, 2.05) is 19.9 Å². The molecule has 0 fully saturated rings. The van der Waals surface area contributed by atoms with E-state index in [9.17, 15) is 9.59 Å². The van der Waals surface area contributed by atoms with Crippen LogP contribution in [0.5, 0.6) is 0 Å². The van der Waals surface area contributed by atoms with Gasteiger partial charge in [0.05, 0.1) is 23.7 Å². The molecule has 1 heterocycles. The summed E-state index contributed by atoms with van der Waals surface area (Å²) in [6, 6.07) is 5.26. The number of fused-ring (bicyclic) bond motifs is 1. The van der Waals surface area contributed by atoms with E-state index in [1.54, 1.807) is 16.7 Å². The summed E-state index contributed by atoms with van der Waals surface area (Å²) >= 11 is 0. The second kappa shape index (κ2) is 4.89. The van der Waals surface area contributed by atoms with E-state index in [1.165, 1.54) is 14.2 Å². The van der Waals surface area contributed by atoms with Crippen LogP contribution in [0.3, 0.4) is 0 Å². The summed E-state index contributed by atoms with van der Waals surface area (Å²) in [4.78, 5) is 31.7. The highest BCUT2D eigenvalue weighted by molar-refractivity contribution is 6.04. The average molecular weight is 263 g/mol. The highest BCUT2D eigenvalue weighted by Gasteiger charge is 2.18. The maximum absolute atomic E-state index is 12.1. The van der Waals surface area contributed by atoms with Gasteiger partial charge in [0, 0.05) is 13.1 Å². The molecule has 6 nitrogen and oxygen atoms in total. The molecular weight excluding hydrogens is 246 g/mol. The molecule has 1 aromatic heterocycles. The zero-order valence-corrected chi connectivity index (χ0v) is 11.4. The lowest BCUT2D eigenvalue weighted by molar-refractivity contribution is -0.0755. The minimum absolute atomic E-state index is 0.0201. The number of hydrogen-bond donors (Lipinski definition) is 1. The fraction of sp³-hybridized carbons (Fsp3) is 0.385. The number of carbonyl (C=O) groups excluding carboxylic acids is 1. The molecule has 0 atom stereocenters. The first-order chi connectivity index (χ1) is 8.97. The highest BCUT2D eigenvalue weighted by Crippen LogP contribution is 2.19. The number of amides is 1. The predicted octanol–water partition coefficient (Wildman–Crippen LogP) is 1.54. The molecule has 2 rings (SSSR count). The fourth-order valence-corrected chi connectivity index (χ4v) is 2.09. The van der Waals surface area contributed by atoms with Crippen molar-refractivity contribution < 1.29 is 9.63 Å². The summed E-state index contributed by atoms with van der Waals surface area (Å²) in [5.74, 6) is -0.301. The fourth-order valence-electron chi connectivity index (χ4n) is 2.09. The first-order valence-electron chi connectivity index (χ1n) is 6.02. The van der Waals surface area contributed by atoms with Gasteiger partial charge in [0.15, 0.2) is 0 Å². The molecule has 0 unspecified atom stereocenters. The number of nitrogens with zero attached hydrogens (tertiary/aromatic N) is 2. The zero-order chi connectivity index (χ0) is 14.2. The van der Waals surface area contributed by atoms with E-state index in [-0.39, 0.29) is 17.6 Å². The van der Waals surface area contributed by atoms with Crippen LogP contribution >= 0.6 is 0 Å². The second-order valence-electron chi connectivity index (χ2n) is 4.58. The molecule has 102 valence electrons. The molecule has 1 amide bonds. The Morgan fingerprint density at radius 1 is 1.42 bits per heavy atom. The number of imidazole rings is 1. The van der Waals surface area contributed by atoms with Crippen molar-refractivity contribution >= 4 is 16.9 Å². The Bertz CT molecular complexity index is 669. The van der Waals surface area contributed by atoms with Crippen LogP contribution in [0.1, 0.15) is 30.2 Å². The molecular formula is C13H17N3O3. The number of hydroxylamine groups is 2. The van der Waals surface area contributed by atoms with Crippen molar-refractivity contribution in [2.45, 2.75) is 19.9 Å². The standard InChI is InChI=1S/C13H17N3O3/c1-8(2)16-10-7-5-6-9(11(10)14-13(16)18)12(17)15(3)19-4/h5-8H,1-4H3,(H,14,18). The van der Waals surface area contributed by atoms with Gasteiger partial charge in [-0.05, 0) is 26.0 Å².